The van der Waals surface area contributed by atoms with Crippen LogP contribution >= 0.6 is 8.69 Å². The lowest BCUT2D eigenvalue weighted by Crippen LogP contribution is -2.41. The Labute approximate surface area is 213 Å². The van der Waals surface area contributed by atoms with Crippen LogP contribution < -0.4 is 11.1 Å². The van der Waals surface area contributed by atoms with Gasteiger partial charge in [0.2, 0.25) is 0 Å². The van der Waals surface area contributed by atoms with Crippen molar-refractivity contribution in [2.75, 3.05) is 18.5 Å². The van der Waals surface area contributed by atoms with Crippen molar-refractivity contribution in [3.63, 3.8) is 0 Å². The molecule has 0 saturated carbocycles. The first-order valence-corrected chi connectivity index (χ1v) is 12.8. The van der Waals surface area contributed by atoms with E-state index in [1.165, 1.54) is 5.56 Å². The van der Waals surface area contributed by atoms with E-state index in [0.717, 1.165) is 47.4 Å². The minimum atomic E-state index is -0.343. The van der Waals surface area contributed by atoms with Gasteiger partial charge in [-0.1, -0.05) is 55.2 Å². The summed E-state index contributed by atoms with van der Waals surface area (Å²) in [5, 5.41) is 3.36. The highest BCUT2D eigenvalue weighted by atomic mass is 31.1. The van der Waals surface area contributed by atoms with Gasteiger partial charge in [-0.2, -0.15) is 0 Å². The number of aryl methyl sites for hydroxylation is 1. The van der Waals surface area contributed by atoms with Crippen LogP contribution in [0.2, 0.25) is 0 Å². The fourth-order valence-electron chi connectivity index (χ4n) is 3.31. The summed E-state index contributed by atoms with van der Waals surface area (Å²) in [7, 11) is -0.343. The zero-order valence-corrected chi connectivity index (χ0v) is 22.5. The summed E-state index contributed by atoms with van der Waals surface area (Å²) in [4.78, 5) is 0. The average Bonchev–Trinajstić information content (AvgIpc) is 2.86. The molecule has 1 rings (SSSR count). The second kappa shape index (κ2) is 17.7. The van der Waals surface area contributed by atoms with Crippen LogP contribution in [0.4, 0.5) is 5.69 Å². The maximum atomic E-state index is 10.4. The maximum absolute atomic E-state index is 10.4. The molecule has 0 aromatic heterocycles. The number of benzene rings is 1. The third-order valence-corrected chi connectivity index (χ3v) is 5.80. The van der Waals surface area contributed by atoms with E-state index < -0.39 is 0 Å². The lowest BCUT2D eigenvalue weighted by molar-refractivity contribution is 0.243. The van der Waals surface area contributed by atoms with E-state index in [2.05, 4.69) is 67.9 Å². The molecule has 2 atom stereocenters. The Bertz CT molecular complexity index is 930. The van der Waals surface area contributed by atoms with Gasteiger partial charge in [-0.05, 0) is 88.0 Å². The van der Waals surface area contributed by atoms with Crippen molar-refractivity contribution in [3.05, 3.63) is 102 Å². The molecule has 35 heavy (non-hydrogen) atoms. The summed E-state index contributed by atoms with van der Waals surface area (Å²) in [5.41, 5.74) is 11.7. The minimum absolute atomic E-state index is 0.00277. The van der Waals surface area contributed by atoms with Gasteiger partial charge in [0.05, 0.1) is 13.2 Å². The lowest BCUT2D eigenvalue weighted by Gasteiger charge is -2.21. The van der Waals surface area contributed by atoms with Gasteiger partial charge < -0.3 is 15.8 Å². The minimum Gasteiger partial charge on any atom is -0.494 e. The third-order valence-electron chi connectivity index (χ3n) is 5.55. The summed E-state index contributed by atoms with van der Waals surface area (Å²) in [6.45, 7) is 16.9. The van der Waals surface area contributed by atoms with E-state index in [-0.39, 0.29) is 27.4 Å². The van der Waals surface area contributed by atoms with Crippen molar-refractivity contribution in [1.29, 1.82) is 0 Å². The van der Waals surface area contributed by atoms with Crippen molar-refractivity contribution in [2.24, 2.45) is 5.73 Å². The molecule has 1 aromatic rings. The molecule has 3 N–H and O–H groups in total. The summed E-state index contributed by atoms with van der Waals surface area (Å²) in [6.07, 6.45) is 15.0. The second-order valence-electron chi connectivity index (χ2n) is 8.31. The van der Waals surface area contributed by atoms with Crippen LogP contribution in [0.15, 0.2) is 96.4 Å². The van der Waals surface area contributed by atoms with Crippen LogP contribution in [0.25, 0.3) is 0 Å². The number of rotatable bonds is 17. The number of hydrogen-bond acceptors (Lipinski definition) is 5. The molecule has 6 heteroatoms. The van der Waals surface area contributed by atoms with Gasteiger partial charge >= 0.3 is 8.69 Å². The number of ether oxygens (including phenoxy) is 1. The highest BCUT2D eigenvalue weighted by Gasteiger charge is 2.12. The molecule has 0 aliphatic rings. The van der Waals surface area contributed by atoms with Crippen molar-refractivity contribution in [3.8, 4) is 0 Å². The summed E-state index contributed by atoms with van der Waals surface area (Å²) in [6, 6.07) is 8.14. The molecule has 0 unspecified atom stereocenters. The Morgan fingerprint density at radius 3 is 2.54 bits per heavy atom. The summed E-state index contributed by atoms with van der Waals surface area (Å²) in [5.74, 6) is 0.766. The largest absolute Gasteiger partial charge is 0.494 e. The van der Waals surface area contributed by atoms with Gasteiger partial charge in [-0.3, -0.25) is 4.52 Å². The molecule has 0 radical (unpaired) electrons. The van der Waals surface area contributed by atoms with Crippen LogP contribution in [0.3, 0.4) is 0 Å². The number of nitrogens with two attached hydrogens (primary N) is 1. The Morgan fingerprint density at radius 1 is 1.23 bits per heavy atom. The predicted octanol–water partition coefficient (Wildman–Crippen LogP) is 7.47. The molecule has 0 spiro atoms. The Morgan fingerprint density at radius 2 is 1.94 bits per heavy atom. The molecule has 5 nitrogen and oxygen atoms in total. The van der Waals surface area contributed by atoms with E-state index in [1.807, 2.05) is 32.9 Å². The number of allylic oxidation sites excluding steroid dienone is 9. The molecule has 0 amide bonds. The van der Waals surface area contributed by atoms with Crippen LogP contribution in [0.1, 0.15) is 46.1 Å². The number of hydrogen-bond donors (Lipinski definition) is 2. The molecule has 0 fully saturated rings. The second-order valence-corrected chi connectivity index (χ2v) is 8.72. The van der Waals surface area contributed by atoms with Crippen LogP contribution in [0, 0.1) is 0 Å². The van der Waals surface area contributed by atoms with Crippen molar-refractivity contribution < 1.29 is 13.8 Å². The zero-order valence-electron chi connectivity index (χ0n) is 21.6. The Kier molecular flexibility index (Phi) is 15.3. The molecule has 0 bridgehead atoms. The third kappa shape index (κ3) is 12.5. The smallest absolute Gasteiger partial charge is 0.327 e. The standard InChI is InChI=1S/C29H41N2O3P/c1-7-26(23(5)14-20-28(8-2)33-9-3)17-13-22(4)11-10-12-25-15-18-27(19-16-25)31-24(6)29(30)21-34-35-32/h7-8,13-20,24,29,31H,2,4,9-12,21,30H2,1,3,5-6H3/b17-13-,23-14+,26-7+,28-20+/t24-,29+/m1/s1. The van der Waals surface area contributed by atoms with E-state index in [4.69, 9.17) is 15.0 Å². The first-order valence-electron chi connectivity index (χ1n) is 12.1. The SMILES string of the molecule is C=C\C(=C/C=C(C)/C(/C=C\C(=C)CCCc1ccc(N[C@H](C)[C@@H](N)COP=O)cc1)=C/C)OCC. The Hall–Kier alpha value is -2.72. The van der Waals surface area contributed by atoms with Gasteiger partial charge in [0.15, 0.2) is 0 Å². The van der Waals surface area contributed by atoms with Crippen molar-refractivity contribution in [2.45, 2.75) is 59.0 Å². The molecular formula is C29H41N2O3P. The van der Waals surface area contributed by atoms with Crippen LogP contribution in [0.5, 0.6) is 0 Å². The Balaban J connectivity index is 2.53. The number of nitrogens with one attached hydrogen (secondary N) is 1. The quantitative estimate of drug-likeness (QED) is 0.133. The van der Waals surface area contributed by atoms with Gasteiger partial charge in [-0.15, -0.1) is 0 Å². The van der Waals surface area contributed by atoms with Crippen LogP contribution in [-0.2, 0) is 20.2 Å². The van der Waals surface area contributed by atoms with E-state index in [0.29, 0.717) is 6.61 Å². The fourth-order valence-corrected chi connectivity index (χ4v) is 3.54. The van der Waals surface area contributed by atoms with Gasteiger partial charge in [-0.25, -0.2) is 4.57 Å². The fraction of sp³-hybridized carbons (Fsp3) is 0.379. The van der Waals surface area contributed by atoms with E-state index in [9.17, 15) is 4.57 Å². The van der Waals surface area contributed by atoms with Crippen molar-refractivity contribution in [1.82, 2.24) is 0 Å². The molecule has 1 aromatic carbocycles. The maximum Gasteiger partial charge on any atom is 0.327 e. The topological polar surface area (TPSA) is 73.6 Å². The molecular weight excluding hydrogens is 455 g/mol. The first kappa shape index (κ1) is 30.3. The summed E-state index contributed by atoms with van der Waals surface area (Å²) >= 11 is 0. The lowest BCUT2D eigenvalue weighted by atomic mass is 10.0. The monoisotopic (exact) mass is 496 g/mol. The molecule has 190 valence electrons. The summed E-state index contributed by atoms with van der Waals surface area (Å²) < 4.78 is 20.8. The number of anilines is 1. The predicted molar refractivity (Wildman–Crippen MR) is 150 cm³/mol. The van der Waals surface area contributed by atoms with Crippen molar-refractivity contribution >= 4 is 14.4 Å². The van der Waals surface area contributed by atoms with Gasteiger partial charge in [0.1, 0.15) is 5.76 Å². The molecule has 0 saturated heterocycles. The molecule has 0 heterocycles. The highest BCUT2D eigenvalue weighted by Crippen LogP contribution is 2.17. The first-order chi connectivity index (χ1) is 16.8. The molecule has 0 aliphatic carbocycles. The normalized spacial score (nSPS) is 14.7. The highest BCUT2D eigenvalue weighted by molar-refractivity contribution is 7.17. The van der Waals surface area contributed by atoms with Gasteiger partial charge in [0.25, 0.3) is 0 Å². The van der Waals surface area contributed by atoms with Gasteiger partial charge in [0, 0.05) is 17.8 Å². The zero-order chi connectivity index (χ0) is 26.1. The van der Waals surface area contributed by atoms with E-state index >= 15 is 0 Å². The average molecular weight is 497 g/mol. The van der Waals surface area contributed by atoms with E-state index in [1.54, 1.807) is 6.08 Å². The molecule has 0 aliphatic heterocycles. The van der Waals surface area contributed by atoms with Crippen LogP contribution in [-0.4, -0.2) is 25.3 Å².